The van der Waals surface area contributed by atoms with Crippen molar-refractivity contribution in [2.24, 2.45) is 4.99 Å². The van der Waals surface area contributed by atoms with Gasteiger partial charge in [0.1, 0.15) is 12.1 Å². The Hall–Kier alpha value is -5.31. The molecule has 0 spiro atoms. The van der Waals surface area contributed by atoms with E-state index in [2.05, 4.69) is 25.1 Å². The van der Waals surface area contributed by atoms with E-state index in [1.54, 1.807) is 32.0 Å². The number of carbonyl (C=O) groups is 4. The van der Waals surface area contributed by atoms with Crippen LogP contribution in [0.25, 0.3) is 0 Å². The molecule has 17 heteroatoms. The number of phosphoric acid groups is 1. The van der Waals surface area contributed by atoms with E-state index in [4.69, 9.17) is 24.7 Å². The first kappa shape index (κ1) is 36.2. The van der Waals surface area contributed by atoms with Crippen molar-refractivity contribution in [2.75, 3.05) is 25.2 Å². The van der Waals surface area contributed by atoms with Crippen LogP contribution in [0.2, 0.25) is 0 Å². The molecule has 47 heavy (non-hydrogen) atoms. The number of aromatic nitrogens is 1. The number of aliphatic imine (C=N–C) groups is 1. The Morgan fingerprint density at radius 2 is 1.72 bits per heavy atom. The number of hydrogen-bond donors (Lipinski definition) is 6. The molecule has 6 N–H and O–H groups in total. The minimum absolute atomic E-state index is 0.0155. The number of nitrogens with one attached hydrogen (secondary N) is 4. The molecule has 0 aliphatic rings. The average molecular weight is 671 g/mol. The first-order chi connectivity index (χ1) is 22.3. The van der Waals surface area contributed by atoms with E-state index in [-0.39, 0.29) is 35.2 Å². The fourth-order valence-corrected chi connectivity index (χ4v) is 4.60. The summed E-state index contributed by atoms with van der Waals surface area (Å²) in [7, 11) is -4.77. The molecule has 0 saturated heterocycles. The van der Waals surface area contributed by atoms with Crippen molar-refractivity contribution in [1.82, 2.24) is 15.2 Å². The highest BCUT2D eigenvalue weighted by Crippen LogP contribution is 2.37. The molecular formula is C30H35N6O10P. The summed E-state index contributed by atoms with van der Waals surface area (Å²) in [6, 6.07) is 9.77. The highest BCUT2D eigenvalue weighted by atomic mass is 31.2. The molecule has 250 valence electrons. The van der Waals surface area contributed by atoms with E-state index in [0.717, 1.165) is 28.9 Å². The van der Waals surface area contributed by atoms with E-state index in [9.17, 15) is 23.7 Å². The smallest absolute Gasteiger partial charge is 0.424 e. The molecule has 0 unspecified atom stereocenters. The number of ether oxygens (including phenoxy) is 2. The summed E-state index contributed by atoms with van der Waals surface area (Å²) in [6.07, 6.45) is 1.53. The average Bonchev–Trinajstić information content (AvgIpc) is 3.40. The number of esters is 1. The topological polar surface area (TPSA) is 233 Å². The second-order valence-electron chi connectivity index (χ2n) is 9.85. The molecule has 0 aliphatic heterocycles. The number of rotatable bonds is 13. The molecule has 1 aromatic heterocycles. The zero-order chi connectivity index (χ0) is 34.7. The zero-order valence-corrected chi connectivity index (χ0v) is 26.9. The minimum Gasteiger partial charge on any atom is -0.424 e. The summed E-state index contributed by atoms with van der Waals surface area (Å²) in [5.74, 6) is -1.85. The van der Waals surface area contributed by atoms with E-state index in [1.807, 2.05) is 13.8 Å². The number of anilines is 1. The first-order valence-corrected chi connectivity index (χ1v) is 15.7. The molecule has 0 bridgehead atoms. The Morgan fingerprint density at radius 1 is 1.04 bits per heavy atom. The number of hydrogen-bond acceptors (Lipinski definition) is 9. The summed E-state index contributed by atoms with van der Waals surface area (Å²) in [6.45, 7) is 6.64. The lowest BCUT2D eigenvalue weighted by Crippen LogP contribution is -2.38. The van der Waals surface area contributed by atoms with Crippen molar-refractivity contribution < 1.29 is 47.5 Å². The van der Waals surface area contributed by atoms with Crippen molar-refractivity contribution in [3.63, 3.8) is 0 Å². The van der Waals surface area contributed by atoms with Gasteiger partial charge in [-0.15, -0.1) is 0 Å². The van der Waals surface area contributed by atoms with Crippen LogP contribution in [0.15, 0.2) is 53.7 Å². The number of amidine groups is 1. The summed E-state index contributed by atoms with van der Waals surface area (Å²) in [5, 5.41) is 13.4. The standard InChI is InChI=1S/C30H35N6O10P/c1-5-13-36(30(40)45-17-44-29(39)20-9-11-22(12-10-20)46-47(41,42)43)28(38)23-15-33-25(19(23)4)26(34-16-31)35-24-14-21(8-7-18(24)3)27(37)32-6-2/h7-12,14-16,33H,5-6,13,17H2,1-4H3,(H,32,37)(H2,31,34,35)(H2,41,42,43). The quantitative estimate of drug-likeness (QED) is 0.0498. The Morgan fingerprint density at radius 3 is 2.34 bits per heavy atom. The van der Waals surface area contributed by atoms with Gasteiger partial charge in [-0.25, -0.2) is 24.0 Å². The van der Waals surface area contributed by atoms with E-state index >= 15 is 0 Å². The van der Waals surface area contributed by atoms with Crippen molar-refractivity contribution in [3.8, 4) is 5.75 Å². The Balaban J connectivity index is 1.72. The molecule has 0 radical (unpaired) electrons. The number of benzene rings is 2. The largest absolute Gasteiger partial charge is 0.524 e. The number of phosphoric ester groups is 1. The Bertz CT molecular complexity index is 1710. The van der Waals surface area contributed by atoms with Gasteiger partial charge in [0.2, 0.25) is 6.79 Å². The monoisotopic (exact) mass is 670 g/mol. The van der Waals surface area contributed by atoms with Crippen molar-refractivity contribution in [2.45, 2.75) is 34.1 Å². The van der Waals surface area contributed by atoms with Crippen LogP contribution in [0.4, 0.5) is 10.5 Å². The van der Waals surface area contributed by atoms with Crippen LogP contribution >= 0.6 is 7.82 Å². The molecule has 16 nitrogen and oxygen atoms in total. The number of imide groups is 1. The fourth-order valence-electron chi connectivity index (χ4n) is 4.20. The Labute approximate surface area is 269 Å². The van der Waals surface area contributed by atoms with Crippen molar-refractivity contribution in [3.05, 3.63) is 82.2 Å². The van der Waals surface area contributed by atoms with E-state index in [1.165, 1.54) is 18.3 Å². The van der Waals surface area contributed by atoms with Crippen LogP contribution < -0.4 is 15.2 Å². The van der Waals surface area contributed by atoms with Gasteiger partial charge in [-0.3, -0.25) is 24.8 Å². The fraction of sp³-hybridized carbons (Fsp3) is 0.267. The summed E-state index contributed by atoms with van der Waals surface area (Å²) in [4.78, 5) is 76.8. The molecule has 2 aromatic carbocycles. The number of nitrogens with zero attached hydrogens (tertiary/aromatic N) is 2. The molecular weight excluding hydrogens is 635 g/mol. The zero-order valence-electron chi connectivity index (χ0n) is 26.0. The number of amides is 3. The summed E-state index contributed by atoms with van der Waals surface area (Å²) >= 11 is 0. The summed E-state index contributed by atoms with van der Waals surface area (Å²) in [5.41, 5.74) is 2.62. The second kappa shape index (κ2) is 16.3. The predicted molar refractivity (Wildman–Crippen MR) is 171 cm³/mol. The number of carbonyl (C=O) groups excluding carboxylic acids is 4. The van der Waals surface area contributed by atoms with Crippen molar-refractivity contribution in [1.29, 1.82) is 5.41 Å². The maximum absolute atomic E-state index is 13.5. The minimum atomic E-state index is -4.77. The lowest BCUT2D eigenvalue weighted by atomic mass is 10.1. The summed E-state index contributed by atoms with van der Waals surface area (Å²) < 4.78 is 25.3. The SMILES string of the molecule is CCCN(C(=O)OCOC(=O)c1ccc(OP(=O)(O)O)cc1)C(=O)c1c[nH]c(/C(=N\C=N)Nc2cc(C(=O)NCC)ccc2C)c1C. The molecule has 3 amide bonds. The first-order valence-electron chi connectivity index (χ1n) is 14.2. The van der Waals surface area contributed by atoms with Crippen LogP contribution in [0, 0.1) is 19.3 Å². The van der Waals surface area contributed by atoms with E-state index in [0.29, 0.717) is 35.5 Å². The second-order valence-corrected chi connectivity index (χ2v) is 11.0. The van der Waals surface area contributed by atoms with Gasteiger partial charge < -0.3 is 29.6 Å². The molecule has 0 aliphatic carbocycles. The molecule has 3 aromatic rings. The maximum atomic E-state index is 13.5. The maximum Gasteiger partial charge on any atom is 0.524 e. The van der Waals surface area contributed by atoms with Gasteiger partial charge in [0, 0.05) is 30.5 Å². The van der Waals surface area contributed by atoms with Crippen LogP contribution in [0.5, 0.6) is 5.75 Å². The lowest BCUT2D eigenvalue weighted by molar-refractivity contribution is -0.0105. The Kier molecular flexibility index (Phi) is 12.5. The van der Waals surface area contributed by atoms with Gasteiger partial charge in [0.15, 0.2) is 5.84 Å². The highest BCUT2D eigenvalue weighted by Gasteiger charge is 2.28. The van der Waals surface area contributed by atoms with Crippen LogP contribution in [0.1, 0.15) is 68.2 Å². The number of H-pyrrole nitrogens is 1. The molecule has 0 saturated carbocycles. The van der Waals surface area contributed by atoms with Crippen LogP contribution in [-0.2, 0) is 14.0 Å². The van der Waals surface area contributed by atoms with Gasteiger partial charge in [-0.2, -0.15) is 0 Å². The van der Waals surface area contributed by atoms with Crippen LogP contribution in [-0.4, -0.2) is 75.6 Å². The molecule has 3 rings (SSSR count). The third-order valence-corrected chi connectivity index (χ3v) is 6.94. The van der Waals surface area contributed by atoms with Crippen LogP contribution in [0.3, 0.4) is 0 Å². The lowest BCUT2D eigenvalue weighted by Gasteiger charge is -2.19. The molecule has 1 heterocycles. The third kappa shape index (κ3) is 9.84. The van der Waals surface area contributed by atoms with Gasteiger partial charge >= 0.3 is 19.9 Å². The van der Waals surface area contributed by atoms with Gasteiger partial charge in [-0.1, -0.05) is 13.0 Å². The highest BCUT2D eigenvalue weighted by molar-refractivity contribution is 7.46. The predicted octanol–water partition coefficient (Wildman–Crippen LogP) is 4.12. The molecule has 0 atom stereocenters. The van der Waals surface area contributed by atoms with Gasteiger partial charge in [-0.05, 0) is 74.7 Å². The van der Waals surface area contributed by atoms with E-state index < -0.39 is 32.6 Å². The molecule has 0 fully saturated rings. The van der Waals surface area contributed by atoms with Crippen molar-refractivity contribution >= 4 is 49.6 Å². The normalized spacial score (nSPS) is 11.3. The van der Waals surface area contributed by atoms with Gasteiger partial charge in [0.25, 0.3) is 11.8 Å². The third-order valence-electron chi connectivity index (χ3n) is 6.49. The number of aryl methyl sites for hydroxylation is 1. The van der Waals surface area contributed by atoms with Gasteiger partial charge in [0.05, 0.1) is 16.8 Å². The number of aromatic amines is 1.